The van der Waals surface area contributed by atoms with E-state index in [0.717, 1.165) is 42.3 Å². The Hall–Kier alpha value is -4.40. The second-order valence-electron chi connectivity index (χ2n) is 9.75. The maximum Gasteiger partial charge on any atom is 0.247 e. The largest absolute Gasteiger partial charge is 0.454 e. The van der Waals surface area contributed by atoms with Gasteiger partial charge < -0.3 is 19.7 Å². The van der Waals surface area contributed by atoms with Crippen LogP contribution in [0.5, 0.6) is 11.5 Å². The summed E-state index contributed by atoms with van der Waals surface area (Å²) in [7, 11) is 0. The molecule has 0 spiro atoms. The lowest BCUT2D eigenvalue weighted by Gasteiger charge is -2.32. The van der Waals surface area contributed by atoms with E-state index >= 15 is 0 Å². The van der Waals surface area contributed by atoms with Crippen LogP contribution in [0.25, 0.3) is 11.0 Å². The summed E-state index contributed by atoms with van der Waals surface area (Å²) in [6, 6.07) is 21.9. The fourth-order valence-corrected chi connectivity index (χ4v) is 5.27. The van der Waals surface area contributed by atoms with Crippen LogP contribution < -0.4 is 14.8 Å². The Kier molecular flexibility index (Phi) is 6.64. The summed E-state index contributed by atoms with van der Waals surface area (Å²) in [5.74, 6) is 0.873. The van der Waals surface area contributed by atoms with Gasteiger partial charge in [0.1, 0.15) is 18.1 Å². The molecule has 1 aromatic heterocycles. The zero-order valence-electron chi connectivity index (χ0n) is 21.0. The number of aromatic nitrogens is 3. The first kappa shape index (κ1) is 24.0. The van der Waals surface area contributed by atoms with Crippen LogP contribution in [0.15, 0.2) is 72.8 Å². The number of carbonyl (C=O) groups is 2. The Morgan fingerprint density at radius 2 is 1.74 bits per heavy atom. The molecule has 9 heteroatoms. The SMILES string of the molecule is O=C(NC1CCCC1)[C@@H](c1ccccc1)N(Cc1ccc2c(c1)OCO2)C(=O)Cn1nnc2ccccc21. The average Bonchev–Trinajstić information content (AvgIpc) is 3.71. The maximum atomic E-state index is 14.1. The number of hydrogen-bond acceptors (Lipinski definition) is 6. The molecule has 38 heavy (non-hydrogen) atoms. The van der Waals surface area contributed by atoms with Crippen LogP contribution in [-0.4, -0.2) is 44.5 Å². The number of hydrogen-bond donors (Lipinski definition) is 1. The summed E-state index contributed by atoms with van der Waals surface area (Å²) >= 11 is 0. The molecule has 2 aliphatic rings. The minimum absolute atomic E-state index is 0.0505. The molecule has 4 aromatic rings. The molecular weight excluding hydrogens is 482 g/mol. The molecule has 6 rings (SSSR count). The molecule has 1 fully saturated rings. The van der Waals surface area contributed by atoms with Crippen molar-refractivity contribution >= 4 is 22.8 Å². The van der Waals surface area contributed by atoms with Gasteiger partial charge in [0, 0.05) is 12.6 Å². The number of ether oxygens (including phenoxy) is 2. The van der Waals surface area contributed by atoms with Crippen LogP contribution in [0.3, 0.4) is 0 Å². The van der Waals surface area contributed by atoms with E-state index in [1.165, 1.54) is 0 Å². The van der Waals surface area contributed by atoms with Crippen LogP contribution in [0.4, 0.5) is 0 Å². The summed E-state index contributed by atoms with van der Waals surface area (Å²) < 4.78 is 12.6. The molecule has 1 saturated carbocycles. The van der Waals surface area contributed by atoms with E-state index in [9.17, 15) is 9.59 Å². The summed E-state index contributed by atoms with van der Waals surface area (Å²) in [4.78, 5) is 29.5. The van der Waals surface area contributed by atoms with Gasteiger partial charge in [0.05, 0.1) is 5.52 Å². The van der Waals surface area contributed by atoms with Crippen molar-refractivity contribution in [1.29, 1.82) is 0 Å². The Morgan fingerprint density at radius 3 is 2.58 bits per heavy atom. The Morgan fingerprint density at radius 1 is 0.974 bits per heavy atom. The van der Waals surface area contributed by atoms with Crippen molar-refractivity contribution < 1.29 is 19.1 Å². The van der Waals surface area contributed by atoms with Crippen molar-refractivity contribution in [3.63, 3.8) is 0 Å². The molecule has 0 unspecified atom stereocenters. The molecule has 0 radical (unpaired) electrons. The van der Waals surface area contributed by atoms with Crippen molar-refractivity contribution in [3.8, 4) is 11.5 Å². The van der Waals surface area contributed by atoms with Crippen LogP contribution in [0.1, 0.15) is 42.9 Å². The van der Waals surface area contributed by atoms with Crippen molar-refractivity contribution in [3.05, 3.63) is 83.9 Å². The highest BCUT2D eigenvalue weighted by Crippen LogP contribution is 2.34. The van der Waals surface area contributed by atoms with Gasteiger partial charge in [-0.2, -0.15) is 0 Å². The first-order valence-electron chi connectivity index (χ1n) is 13.0. The Balaban J connectivity index is 1.36. The molecule has 2 amide bonds. The van der Waals surface area contributed by atoms with E-state index in [-0.39, 0.29) is 37.7 Å². The number of fused-ring (bicyclic) bond motifs is 2. The molecule has 0 saturated heterocycles. The molecule has 1 aliphatic carbocycles. The molecule has 1 N–H and O–H groups in total. The zero-order chi connectivity index (χ0) is 25.9. The predicted octanol–water partition coefficient (Wildman–Crippen LogP) is 3.99. The highest BCUT2D eigenvalue weighted by Gasteiger charge is 2.34. The topological polar surface area (TPSA) is 98.6 Å². The lowest BCUT2D eigenvalue weighted by atomic mass is 10.0. The molecule has 1 atom stereocenters. The molecule has 3 aromatic carbocycles. The number of carbonyl (C=O) groups excluding carboxylic acids is 2. The first-order valence-corrected chi connectivity index (χ1v) is 13.0. The van der Waals surface area contributed by atoms with E-state index < -0.39 is 6.04 Å². The summed E-state index contributed by atoms with van der Waals surface area (Å²) in [6.07, 6.45) is 4.10. The van der Waals surface area contributed by atoms with Gasteiger partial charge in [-0.15, -0.1) is 5.10 Å². The minimum atomic E-state index is -0.815. The van der Waals surface area contributed by atoms with Crippen molar-refractivity contribution in [1.82, 2.24) is 25.2 Å². The Labute approximate surface area is 220 Å². The number of nitrogens with zero attached hydrogens (tertiary/aromatic N) is 4. The van der Waals surface area contributed by atoms with Crippen molar-refractivity contribution in [2.24, 2.45) is 0 Å². The third-order valence-corrected chi connectivity index (χ3v) is 7.19. The van der Waals surface area contributed by atoms with Crippen LogP contribution >= 0.6 is 0 Å². The maximum absolute atomic E-state index is 14.1. The summed E-state index contributed by atoms with van der Waals surface area (Å²) in [5, 5.41) is 11.6. The van der Waals surface area contributed by atoms with E-state index in [2.05, 4.69) is 15.6 Å². The smallest absolute Gasteiger partial charge is 0.247 e. The van der Waals surface area contributed by atoms with Gasteiger partial charge in [-0.25, -0.2) is 4.68 Å². The number of benzene rings is 3. The average molecular weight is 512 g/mol. The molecule has 9 nitrogen and oxygen atoms in total. The lowest BCUT2D eigenvalue weighted by molar-refractivity contribution is -0.142. The summed E-state index contributed by atoms with van der Waals surface area (Å²) in [6.45, 7) is 0.322. The quantitative estimate of drug-likeness (QED) is 0.384. The first-order chi connectivity index (χ1) is 18.7. The van der Waals surface area contributed by atoms with E-state index in [4.69, 9.17) is 9.47 Å². The minimum Gasteiger partial charge on any atom is -0.454 e. The van der Waals surface area contributed by atoms with Gasteiger partial charge in [0.25, 0.3) is 0 Å². The second kappa shape index (κ2) is 10.5. The highest BCUT2D eigenvalue weighted by molar-refractivity contribution is 5.89. The highest BCUT2D eigenvalue weighted by atomic mass is 16.7. The van der Waals surface area contributed by atoms with E-state index in [1.807, 2.05) is 72.8 Å². The third kappa shape index (κ3) is 4.91. The van der Waals surface area contributed by atoms with Crippen LogP contribution in [-0.2, 0) is 22.7 Å². The van der Waals surface area contributed by atoms with Crippen molar-refractivity contribution in [2.45, 2.75) is 50.9 Å². The van der Waals surface area contributed by atoms with Gasteiger partial charge in [0.2, 0.25) is 18.6 Å². The number of amides is 2. The normalized spacial score (nSPS) is 15.5. The van der Waals surface area contributed by atoms with E-state index in [1.54, 1.807) is 9.58 Å². The fraction of sp³-hybridized carbons (Fsp3) is 0.310. The van der Waals surface area contributed by atoms with Gasteiger partial charge in [0.15, 0.2) is 11.5 Å². The molecule has 194 valence electrons. The molecule has 0 bridgehead atoms. The van der Waals surface area contributed by atoms with Crippen molar-refractivity contribution in [2.75, 3.05) is 6.79 Å². The van der Waals surface area contributed by atoms with Gasteiger partial charge >= 0.3 is 0 Å². The lowest BCUT2D eigenvalue weighted by Crippen LogP contribution is -2.46. The second-order valence-corrected chi connectivity index (χ2v) is 9.75. The summed E-state index contributed by atoms with van der Waals surface area (Å²) in [5.41, 5.74) is 3.05. The van der Waals surface area contributed by atoms with Gasteiger partial charge in [-0.1, -0.05) is 66.6 Å². The molecule has 2 heterocycles. The fourth-order valence-electron chi connectivity index (χ4n) is 5.27. The predicted molar refractivity (Wildman–Crippen MR) is 140 cm³/mol. The molecular formula is C29H29N5O4. The standard InChI is InChI=1S/C29H29N5O4/c35-27(18-34-24-13-7-6-12-23(24)31-32-34)33(17-20-14-15-25-26(16-20)38-19-37-25)28(21-8-2-1-3-9-21)29(36)30-22-10-4-5-11-22/h1-3,6-9,12-16,22,28H,4-5,10-11,17-19H2,(H,30,36)/t28-/m1/s1. The number of para-hydroxylation sites is 1. The Bertz CT molecular complexity index is 1450. The van der Waals surface area contributed by atoms with E-state index in [0.29, 0.717) is 17.0 Å². The van der Waals surface area contributed by atoms with Gasteiger partial charge in [-0.05, 0) is 48.2 Å². The monoisotopic (exact) mass is 511 g/mol. The third-order valence-electron chi connectivity index (χ3n) is 7.19. The zero-order valence-corrected chi connectivity index (χ0v) is 21.0. The number of rotatable bonds is 8. The number of nitrogens with one attached hydrogen (secondary N) is 1. The van der Waals surface area contributed by atoms with Gasteiger partial charge in [-0.3, -0.25) is 9.59 Å². The van der Waals surface area contributed by atoms with Crippen LogP contribution in [0.2, 0.25) is 0 Å². The molecule has 1 aliphatic heterocycles. The van der Waals surface area contributed by atoms with Crippen LogP contribution in [0, 0.1) is 0 Å².